The number of fused-ring (bicyclic) bond motifs is 1. The summed E-state index contributed by atoms with van der Waals surface area (Å²) in [4.78, 5) is 29.9. The van der Waals surface area contributed by atoms with Crippen LogP contribution in [-0.2, 0) is 11.3 Å². The Hall–Kier alpha value is -2.63. The Kier molecular flexibility index (Phi) is 6.44. The highest BCUT2D eigenvalue weighted by atomic mass is 35.5. The van der Waals surface area contributed by atoms with Crippen LogP contribution in [0.15, 0.2) is 66.0 Å². The van der Waals surface area contributed by atoms with Crippen LogP contribution in [0.3, 0.4) is 0 Å². The van der Waals surface area contributed by atoms with Gasteiger partial charge in [-0.05, 0) is 46.7 Å². The molecule has 4 nitrogen and oxygen atoms in total. The number of thiophene rings is 1. The van der Waals surface area contributed by atoms with Crippen LogP contribution >= 0.6 is 22.9 Å². The van der Waals surface area contributed by atoms with Crippen LogP contribution in [-0.4, -0.2) is 23.3 Å². The van der Waals surface area contributed by atoms with E-state index in [2.05, 4.69) is 19.2 Å². The summed E-state index contributed by atoms with van der Waals surface area (Å²) in [5, 5.41) is 5.72. The molecule has 0 saturated carbocycles. The third-order valence-electron chi connectivity index (χ3n) is 5.47. The predicted octanol–water partition coefficient (Wildman–Crippen LogP) is 5.65. The summed E-state index contributed by atoms with van der Waals surface area (Å²) in [7, 11) is 0. The van der Waals surface area contributed by atoms with E-state index in [1.807, 2.05) is 70.9 Å². The molecule has 160 valence electrons. The van der Waals surface area contributed by atoms with Gasteiger partial charge in [0.25, 0.3) is 5.91 Å². The van der Waals surface area contributed by atoms with E-state index in [0.717, 1.165) is 16.0 Å². The largest absolute Gasteiger partial charge is 0.351 e. The molecular weight excluding hydrogens is 428 g/mol. The molecule has 1 aliphatic rings. The maximum absolute atomic E-state index is 13.6. The molecule has 4 rings (SSSR count). The average molecular weight is 453 g/mol. The van der Waals surface area contributed by atoms with Crippen LogP contribution in [0.5, 0.6) is 0 Å². The average Bonchev–Trinajstić information content (AvgIpc) is 3.28. The summed E-state index contributed by atoms with van der Waals surface area (Å²) in [5.41, 5.74) is 2.33. The molecule has 2 atom stereocenters. The molecule has 2 heterocycles. The minimum absolute atomic E-state index is 0.0124. The van der Waals surface area contributed by atoms with Crippen molar-refractivity contribution in [3.8, 4) is 0 Å². The second-order valence-corrected chi connectivity index (χ2v) is 9.64. The number of amides is 2. The lowest BCUT2D eigenvalue weighted by molar-refractivity contribution is -0.124. The van der Waals surface area contributed by atoms with E-state index in [4.69, 9.17) is 11.6 Å². The molecular formula is C25H25ClN2O2S. The summed E-state index contributed by atoms with van der Waals surface area (Å²) in [6.07, 6.45) is 0. The highest BCUT2D eigenvalue weighted by Crippen LogP contribution is 2.44. The molecule has 0 saturated heterocycles. The Labute approximate surface area is 191 Å². The van der Waals surface area contributed by atoms with Gasteiger partial charge in [0.1, 0.15) is 0 Å². The first kappa shape index (κ1) is 21.6. The zero-order valence-corrected chi connectivity index (χ0v) is 19.1. The molecule has 1 aromatic heterocycles. The number of hydrogen-bond donors (Lipinski definition) is 1. The van der Waals surface area contributed by atoms with E-state index in [1.165, 1.54) is 0 Å². The monoisotopic (exact) mass is 452 g/mol. The van der Waals surface area contributed by atoms with Crippen LogP contribution in [0.2, 0.25) is 5.02 Å². The molecule has 0 bridgehead atoms. The Morgan fingerprint density at radius 3 is 2.65 bits per heavy atom. The van der Waals surface area contributed by atoms with Gasteiger partial charge in [-0.2, -0.15) is 0 Å². The predicted molar refractivity (Wildman–Crippen MR) is 125 cm³/mol. The van der Waals surface area contributed by atoms with E-state index >= 15 is 0 Å². The van der Waals surface area contributed by atoms with Gasteiger partial charge in [-0.1, -0.05) is 61.8 Å². The molecule has 3 aromatic rings. The molecule has 0 radical (unpaired) electrons. The molecule has 1 aliphatic heterocycles. The SMILES string of the molecule is CC(C)CN1C(=O)c2ccccc2[C@@H](C(=O)NCc2cccc(Cl)c2)[C@@H]1c1cccs1. The van der Waals surface area contributed by atoms with Gasteiger partial charge in [0.05, 0.1) is 12.0 Å². The van der Waals surface area contributed by atoms with Crippen molar-refractivity contribution in [2.24, 2.45) is 5.92 Å². The topological polar surface area (TPSA) is 49.4 Å². The molecule has 0 unspecified atom stereocenters. The minimum Gasteiger partial charge on any atom is -0.351 e. The maximum atomic E-state index is 13.6. The number of nitrogens with one attached hydrogen (secondary N) is 1. The Bertz CT molecular complexity index is 1080. The smallest absolute Gasteiger partial charge is 0.254 e. The minimum atomic E-state index is -0.481. The number of benzene rings is 2. The molecule has 2 aromatic carbocycles. The zero-order valence-electron chi connectivity index (χ0n) is 17.5. The number of halogens is 1. The van der Waals surface area contributed by atoms with Crippen LogP contribution in [0.25, 0.3) is 0 Å². The maximum Gasteiger partial charge on any atom is 0.254 e. The third-order valence-corrected chi connectivity index (χ3v) is 6.65. The fraction of sp³-hybridized carbons (Fsp3) is 0.280. The van der Waals surface area contributed by atoms with Gasteiger partial charge in [-0.3, -0.25) is 9.59 Å². The fourth-order valence-electron chi connectivity index (χ4n) is 4.19. The highest BCUT2D eigenvalue weighted by molar-refractivity contribution is 7.10. The van der Waals surface area contributed by atoms with Crippen LogP contribution in [0.4, 0.5) is 0 Å². The molecule has 6 heteroatoms. The molecule has 0 aliphatic carbocycles. The first-order valence-electron chi connectivity index (χ1n) is 10.4. The van der Waals surface area contributed by atoms with Gasteiger partial charge < -0.3 is 10.2 Å². The van der Waals surface area contributed by atoms with E-state index < -0.39 is 5.92 Å². The van der Waals surface area contributed by atoms with Gasteiger partial charge in [-0.25, -0.2) is 0 Å². The Morgan fingerprint density at radius 2 is 1.94 bits per heavy atom. The van der Waals surface area contributed by atoms with Crippen molar-refractivity contribution in [2.75, 3.05) is 6.54 Å². The lowest BCUT2D eigenvalue weighted by Gasteiger charge is -2.42. The molecule has 0 spiro atoms. The van der Waals surface area contributed by atoms with Crippen LogP contribution in [0.1, 0.15) is 52.2 Å². The van der Waals surface area contributed by atoms with Crippen molar-refractivity contribution in [1.29, 1.82) is 0 Å². The second kappa shape index (κ2) is 9.25. The highest BCUT2D eigenvalue weighted by Gasteiger charge is 2.44. The van der Waals surface area contributed by atoms with Crippen molar-refractivity contribution in [2.45, 2.75) is 32.4 Å². The van der Waals surface area contributed by atoms with Gasteiger partial charge in [-0.15, -0.1) is 11.3 Å². The van der Waals surface area contributed by atoms with E-state index in [-0.39, 0.29) is 23.8 Å². The van der Waals surface area contributed by atoms with Gasteiger partial charge in [0.2, 0.25) is 5.91 Å². The number of rotatable bonds is 6. The fourth-order valence-corrected chi connectivity index (χ4v) is 5.28. The third kappa shape index (κ3) is 4.53. The quantitative estimate of drug-likeness (QED) is 0.525. The van der Waals surface area contributed by atoms with Crippen molar-refractivity contribution in [3.05, 3.63) is 92.6 Å². The lowest BCUT2D eigenvalue weighted by atomic mass is 9.81. The standard InChI is InChI=1S/C25H25ClN2O2S/c1-16(2)15-28-23(21-11-6-12-31-21)22(19-9-3-4-10-20(19)25(28)30)24(29)27-14-17-7-5-8-18(26)13-17/h3-13,16,22-23H,14-15H2,1-2H3,(H,27,29)/t22-,23+/m1/s1. The van der Waals surface area contributed by atoms with Gasteiger partial charge >= 0.3 is 0 Å². The summed E-state index contributed by atoms with van der Waals surface area (Å²) < 4.78 is 0. The van der Waals surface area contributed by atoms with Gasteiger partial charge in [0, 0.05) is 28.6 Å². The van der Waals surface area contributed by atoms with Crippen LogP contribution < -0.4 is 5.32 Å². The van der Waals surface area contributed by atoms with Crippen molar-refractivity contribution < 1.29 is 9.59 Å². The molecule has 0 fully saturated rings. The zero-order chi connectivity index (χ0) is 22.0. The molecule has 1 N–H and O–H groups in total. The first-order chi connectivity index (χ1) is 15.0. The Balaban J connectivity index is 1.73. The van der Waals surface area contributed by atoms with Crippen molar-refractivity contribution >= 4 is 34.8 Å². The summed E-state index contributed by atoms with van der Waals surface area (Å²) in [6, 6.07) is 18.6. The normalized spacial score (nSPS) is 18.2. The van der Waals surface area contributed by atoms with Gasteiger partial charge in [0.15, 0.2) is 0 Å². The summed E-state index contributed by atoms with van der Waals surface area (Å²) in [6.45, 7) is 5.15. The Morgan fingerprint density at radius 1 is 1.13 bits per heavy atom. The number of carbonyl (C=O) groups excluding carboxylic acids is 2. The molecule has 2 amide bonds. The summed E-state index contributed by atoms with van der Waals surface area (Å²) in [5.74, 6) is -0.300. The van der Waals surface area contributed by atoms with Crippen LogP contribution in [0, 0.1) is 5.92 Å². The van der Waals surface area contributed by atoms with E-state index in [0.29, 0.717) is 23.7 Å². The van der Waals surface area contributed by atoms with E-state index in [9.17, 15) is 9.59 Å². The number of carbonyl (C=O) groups is 2. The number of nitrogens with zero attached hydrogens (tertiary/aromatic N) is 1. The van der Waals surface area contributed by atoms with Crippen molar-refractivity contribution in [3.63, 3.8) is 0 Å². The van der Waals surface area contributed by atoms with Crippen molar-refractivity contribution in [1.82, 2.24) is 10.2 Å². The second-order valence-electron chi connectivity index (χ2n) is 8.22. The first-order valence-corrected chi connectivity index (χ1v) is 11.7. The number of hydrogen-bond acceptors (Lipinski definition) is 3. The summed E-state index contributed by atoms with van der Waals surface area (Å²) >= 11 is 7.68. The lowest BCUT2D eigenvalue weighted by Crippen LogP contribution is -2.48. The van der Waals surface area contributed by atoms with E-state index in [1.54, 1.807) is 11.3 Å². The molecule has 31 heavy (non-hydrogen) atoms.